The molecule has 5 nitrogen and oxygen atoms in total. The SMILES string of the molecule is O=C1CC(c2ccco2)Cc2c1c(Nc1cc(Cl)cc(Cl)c1)nn2-c1ccc(Cl)cc1. The quantitative estimate of drug-likeness (QED) is 0.345. The minimum Gasteiger partial charge on any atom is -0.469 e. The van der Waals surface area contributed by atoms with Crippen molar-refractivity contribution in [1.29, 1.82) is 0 Å². The molecule has 8 heteroatoms. The molecule has 156 valence electrons. The highest BCUT2D eigenvalue weighted by Gasteiger charge is 2.34. The normalized spacial score (nSPS) is 15.7. The van der Waals surface area contributed by atoms with E-state index < -0.39 is 0 Å². The molecular weight excluding hydrogens is 457 g/mol. The van der Waals surface area contributed by atoms with Gasteiger partial charge in [0.1, 0.15) is 5.76 Å². The van der Waals surface area contributed by atoms with Crippen molar-refractivity contribution < 1.29 is 9.21 Å². The molecule has 0 bridgehead atoms. The number of carbonyl (C=O) groups is 1. The minimum absolute atomic E-state index is 0.00140. The summed E-state index contributed by atoms with van der Waals surface area (Å²) in [6.45, 7) is 0. The average Bonchev–Trinajstić information content (AvgIpc) is 3.37. The Morgan fingerprint density at radius 2 is 1.71 bits per heavy atom. The maximum atomic E-state index is 13.2. The van der Waals surface area contributed by atoms with Gasteiger partial charge in [-0.05, 0) is 54.6 Å². The molecule has 2 aromatic heterocycles. The summed E-state index contributed by atoms with van der Waals surface area (Å²) in [7, 11) is 0. The summed E-state index contributed by atoms with van der Waals surface area (Å²) < 4.78 is 7.37. The van der Waals surface area contributed by atoms with E-state index in [1.807, 2.05) is 24.3 Å². The molecule has 0 fully saturated rings. The van der Waals surface area contributed by atoms with Crippen LogP contribution in [0.1, 0.15) is 34.2 Å². The number of rotatable bonds is 4. The number of nitrogens with zero attached hydrogens (tertiary/aromatic N) is 2. The lowest BCUT2D eigenvalue weighted by Gasteiger charge is -2.21. The van der Waals surface area contributed by atoms with E-state index in [1.165, 1.54) is 0 Å². The largest absolute Gasteiger partial charge is 0.469 e. The van der Waals surface area contributed by atoms with E-state index in [0.717, 1.165) is 17.1 Å². The molecule has 4 aromatic rings. The van der Waals surface area contributed by atoms with E-state index in [-0.39, 0.29) is 11.7 Å². The third kappa shape index (κ3) is 3.97. The van der Waals surface area contributed by atoms with Crippen molar-refractivity contribution in [2.24, 2.45) is 0 Å². The van der Waals surface area contributed by atoms with Crippen molar-refractivity contribution in [2.75, 3.05) is 5.32 Å². The summed E-state index contributed by atoms with van der Waals surface area (Å²) in [5.74, 6) is 1.20. The van der Waals surface area contributed by atoms with Gasteiger partial charge in [0.05, 0.1) is 23.2 Å². The van der Waals surface area contributed by atoms with E-state index >= 15 is 0 Å². The second-order valence-corrected chi connectivity index (χ2v) is 8.69. The first-order chi connectivity index (χ1) is 15.0. The number of furan rings is 1. The molecule has 5 rings (SSSR count). The van der Waals surface area contributed by atoms with Crippen LogP contribution < -0.4 is 5.32 Å². The number of carbonyl (C=O) groups excluding carboxylic acids is 1. The van der Waals surface area contributed by atoms with Gasteiger partial charge >= 0.3 is 0 Å². The molecule has 2 heterocycles. The zero-order valence-corrected chi connectivity index (χ0v) is 18.4. The Balaban J connectivity index is 1.62. The highest BCUT2D eigenvalue weighted by atomic mass is 35.5. The number of Topliss-reactive ketones (excluding diaryl/α,β-unsaturated/α-hetero) is 1. The van der Waals surface area contributed by atoms with Crippen LogP contribution in [-0.2, 0) is 6.42 Å². The lowest BCUT2D eigenvalue weighted by atomic mass is 9.85. The molecule has 1 N–H and O–H groups in total. The number of benzene rings is 2. The van der Waals surface area contributed by atoms with E-state index in [4.69, 9.17) is 44.3 Å². The van der Waals surface area contributed by atoms with Crippen molar-refractivity contribution in [3.63, 3.8) is 0 Å². The molecular formula is C23H16Cl3N3O2. The molecule has 2 aromatic carbocycles. The monoisotopic (exact) mass is 471 g/mol. The van der Waals surface area contributed by atoms with Crippen molar-refractivity contribution in [2.45, 2.75) is 18.8 Å². The van der Waals surface area contributed by atoms with Crippen LogP contribution >= 0.6 is 34.8 Å². The predicted molar refractivity (Wildman–Crippen MR) is 122 cm³/mol. The highest BCUT2D eigenvalue weighted by molar-refractivity contribution is 6.35. The number of hydrogen-bond acceptors (Lipinski definition) is 4. The van der Waals surface area contributed by atoms with Crippen LogP contribution in [0.5, 0.6) is 0 Å². The van der Waals surface area contributed by atoms with Gasteiger partial charge in [-0.3, -0.25) is 4.79 Å². The standard InChI is InChI=1S/C23H16Cl3N3O2/c24-14-3-5-18(6-4-14)29-19-8-13(21-2-1-7-31-21)9-20(30)22(19)23(28-29)27-17-11-15(25)10-16(26)12-17/h1-7,10-13H,8-9H2,(H,27,28). The first-order valence-electron chi connectivity index (χ1n) is 9.65. The Morgan fingerprint density at radius 1 is 0.968 bits per heavy atom. The van der Waals surface area contributed by atoms with Gasteiger partial charge in [-0.2, -0.15) is 0 Å². The van der Waals surface area contributed by atoms with E-state index in [2.05, 4.69) is 5.32 Å². The molecule has 0 saturated carbocycles. The number of ketones is 1. The number of anilines is 2. The molecule has 1 unspecified atom stereocenters. The third-order valence-electron chi connectivity index (χ3n) is 5.27. The van der Waals surface area contributed by atoms with Gasteiger partial charge < -0.3 is 9.73 Å². The van der Waals surface area contributed by atoms with Gasteiger partial charge in [0.15, 0.2) is 11.6 Å². The molecule has 0 aliphatic heterocycles. The van der Waals surface area contributed by atoms with Crippen molar-refractivity contribution >= 4 is 52.1 Å². The summed E-state index contributed by atoms with van der Waals surface area (Å²) in [4.78, 5) is 13.2. The average molecular weight is 473 g/mol. The number of halogens is 3. The van der Waals surface area contributed by atoms with Crippen LogP contribution in [0.4, 0.5) is 11.5 Å². The van der Waals surface area contributed by atoms with Gasteiger partial charge in [0.2, 0.25) is 0 Å². The smallest absolute Gasteiger partial charge is 0.169 e. The van der Waals surface area contributed by atoms with Crippen LogP contribution in [0.15, 0.2) is 65.3 Å². The lowest BCUT2D eigenvalue weighted by Crippen LogP contribution is -2.20. The summed E-state index contributed by atoms with van der Waals surface area (Å²) in [5, 5.41) is 9.57. The van der Waals surface area contributed by atoms with Crippen LogP contribution in [0.2, 0.25) is 15.1 Å². The molecule has 0 radical (unpaired) electrons. The predicted octanol–water partition coefficient (Wildman–Crippen LogP) is 7.08. The second-order valence-electron chi connectivity index (χ2n) is 7.39. The molecule has 1 aliphatic carbocycles. The van der Waals surface area contributed by atoms with Gasteiger partial charge in [-0.15, -0.1) is 5.10 Å². The molecule has 0 spiro atoms. The van der Waals surface area contributed by atoms with Crippen LogP contribution in [0.3, 0.4) is 0 Å². The van der Waals surface area contributed by atoms with Gasteiger partial charge in [0.25, 0.3) is 0 Å². The fourth-order valence-electron chi connectivity index (χ4n) is 3.94. The second kappa shape index (κ2) is 8.08. The Kier molecular flexibility index (Phi) is 5.26. The van der Waals surface area contributed by atoms with E-state index in [0.29, 0.717) is 45.0 Å². The third-order valence-corrected chi connectivity index (χ3v) is 5.96. The molecule has 0 saturated heterocycles. The fourth-order valence-corrected chi connectivity index (χ4v) is 4.59. The molecule has 1 atom stereocenters. The van der Waals surface area contributed by atoms with Crippen molar-refractivity contribution in [1.82, 2.24) is 9.78 Å². The maximum Gasteiger partial charge on any atom is 0.169 e. The zero-order valence-electron chi connectivity index (χ0n) is 16.1. The van der Waals surface area contributed by atoms with E-state index in [1.54, 1.807) is 41.3 Å². The number of fused-ring (bicyclic) bond motifs is 1. The summed E-state index contributed by atoms with van der Waals surface area (Å²) in [5.41, 5.74) is 2.84. The summed E-state index contributed by atoms with van der Waals surface area (Å²) in [6.07, 6.45) is 2.59. The Labute approximate surface area is 193 Å². The number of hydrogen-bond donors (Lipinski definition) is 1. The summed E-state index contributed by atoms with van der Waals surface area (Å²) in [6, 6.07) is 16.2. The Bertz CT molecular complexity index is 1240. The minimum atomic E-state index is -0.0498. The van der Waals surface area contributed by atoms with Crippen molar-refractivity contribution in [3.8, 4) is 5.69 Å². The topological polar surface area (TPSA) is 60.1 Å². The van der Waals surface area contributed by atoms with Crippen LogP contribution in [0.25, 0.3) is 5.69 Å². The lowest BCUT2D eigenvalue weighted by molar-refractivity contribution is 0.0960. The van der Waals surface area contributed by atoms with Crippen LogP contribution in [-0.4, -0.2) is 15.6 Å². The van der Waals surface area contributed by atoms with Crippen molar-refractivity contribution in [3.05, 3.63) is 92.9 Å². The Hall–Kier alpha value is -2.73. The molecule has 1 aliphatic rings. The highest BCUT2D eigenvalue weighted by Crippen LogP contribution is 2.38. The number of nitrogens with one attached hydrogen (secondary N) is 1. The first kappa shape index (κ1) is 20.2. The van der Waals surface area contributed by atoms with Crippen LogP contribution in [0, 0.1) is 0 Å². The number of aromatic nitrogens is 2. The molecule has 0 amide bonds. The van der Waals surface area contributed by atoms with Gasteiger partial charge in [-0.25, -0.2) is 4.68 Å². The Morgan fingerprint density at radius 3 is 2.39 bits per heavy atom. The molecule has 31 heavy (non-hydrogen) atoms. The fraction of sp³-hybridized carbons (Fsp3) is 0.130. The van der Waals surface area contributed by atoms with E-state index in [9.17, 15) is 4.79 Å². The van der Waals surface area contributed by atoms with Gasteiger partial charge in [-0.1, -0.05) is 34.8 Å². The summed E-state index contributed by atoms with van der Waals surface area (Å²) >= 11 is 18.3. The first-order valence-corrected chi connectivity index (χ1v) is 10.8. The van der Waals surface area contributed by atoms with Gasteiger partial charge in [0, 0.05) is 39.5 Å². The zero-order chi connectivity index (χ0) is 21.5. The maximum absolute atomic E-state index is 13.2.